The maximum Gasteiger partial charge on any atom is 0.255 e. The Kier molecular flexibility index (Phi) is 4.20. The van der Waals surface area contributed by atoms with Crippen LogP contribution in [0.3, 0.4) is 0 Å². The van der Waals surface area contributed by atoms with Gasteiger partial charge in [0, 0.05) is 25.4 Å². The van der Waals surface area contributed by atoms with Crippen LogP contribution in [0.2, 0.25) is 5.02 Å². The smallest absolute Gasteiger partial charge is 0.255 e. The van der Waals surface area contributed by atoms with Gasteiger partial charge in [-0.25, -0.2) is 9.37 Å². The molecular weight excluding hydrogens is 309 g/mol. The highest BCUT2D eigenvalue weighted by atomic mass is 35.5. The predicted molar refractivity (Wildman–Crippen MR) is 78.4 cm³/mol. The molecule has 1 aromatic carbocycles. The molecule has 0 radical (unpaired) electrons. The molecule has 1 saturated heterocycles. The Labute approximate surface area is 131 Å². The number of hydrogen-bond acceptors (Lipinski definition) is 4. The minimum atomic E-state index is -0.466. The Morgan fingerprint density at radius 1 is 1.41 bits per heavy atom. The standard InChI is InChI=1S/C15H13ClFN3O2/c16-13-7-10(17)1-2-12(13)15(21)20-6-3-11(9-20)22-14-8-18-4-5-19-14/h1-2,4-5,7-8,11H,3,6,9H2. The summed E-state index contributed by atoms with van der Waals surface area (Å²) in [5.74, 6) is -0.260. The first-order chi connectivity index (χ1) is 10.6. The normalized spacial score (nSPS) is 17.5. The van der Waals surface area contributed by atoms with Crippen LogP contribution in [0.15, 0.2) is 36.8 Å². The van der Waals surface area contributed by atoms with E-state index in [9.17, 15) is 9.18 Å². The van der Waals surface area contributed by atoms with Crippen molar-refractivity contribution in [3.05, 3.63) is 53.2 Å². The maximum absolute atomic E-state index is 13.1. The van der Waals surface area contributed by atoms with Crippen molar-refractivity contribution in [1.82, 2.24) is 14.9 Å². The quantitative estimate of drug-likeness (QED) is 0.872. The Bertz CT molecular complexity index is 684. The van der Waals surface area contributed by atoms with Crippen LogP contribution in [-0.2, 0) is 0 Å². The Morgan fingerprint density at radius 2 is 2.27 bits per heavy atom. The number of rotatable bonds is 3. The predicted octanol–water partition coefficient (Wildman–Crippen LogP) is 2.56. The summed E-state index contributed by atoms with van der Waals surface area (Å²) in [6, 6.07) is 3.76. The monoisotopic (exact) mass is 321 g/mol. The van der Waals surface area contributed by atoms with Crippen molar-refractivity contribution < 1.29 is 13.9 Å². The Hall–Kier alpha value is -2.21. The van der Waals surface area contributed by atoms with Crippen LogP contribution in [0, 0.1) is 5.82 Å². The first-order valence-corrected chi connectivity index (χ1v) is 7.18. The van der Waals surface area contributed by atoms with E-state index in [1.807, 2.05) is 0 Å². The maximum atomic E-state index is 13.1. The second-order valence-electron chi connectivity index (χ2n) is 4.95. The van der Waals surface area contributed by atoms with Gasteiger partial charge in [-0.2, -0.15) is 0 Å². The highest BCUT2D eigenvalue weighted by Gasteiger charge is 2.29. The van der Waals surface area contributed by atoms with E-state index in [1.165, 1.54) is 18.3 Å². The molecule has 0 aliphatic carbocycles. The Morgan fingerprint density at radius 3 is 3.00 bits per heavy atom. The molecule has 5 nitrogen and oxygen atoms in total. The van der Waals surface area contributed by atoms with Gasteiger partial charge in [0.2, 0.25) is 5.88 Å². The SMILES string of the molecule is O=C(c1ccc(F)cc1Cl)N1CCC(Oc2cnccn2)C1. The molecule has 1 aromatic heterocycles. The zero-order valence-corrected chi connectivity index (χ0v) is 12.3. The topological polar surface area (TPSA) is 55.3 Å². The van der Waals surface area contributed by atoms with E-state index in [0.717, 1.165) is 6.07 Å². The van der Waals surface area contributed by atoms with Crippen molar-refractivity contribution >= 4 is 17.5 Å². The average molecular weight is 322 g/mol. The lowest BCUT2D eigenvalue weighted by atomic mass is 10.2. The van der Waals surface area contributed by atoms with Gasteiger partial charge < -0.3 is 9.64 Å². The molecule has 2 aromatic rings. The molecule has 1 aliphatic heterocycles. The fourth-order valence-electron chi connectivity index (χ4n) is 2.36. The van der Waals surface area contributed by atoms with E-state index in [-0.39, 0.29) is 17.0 Å². The van der Waals surface area contributed by atoms with Gasteiger partial charge in [0.05, 0.1) is 23.3 Å². The highest BCUT2D eigenvalue weighted by Crippen LogP contribution is 2.22. The van der Waals surface area contributed by atoms with Gasteiger partial charge in [-0.15, -0.1) is 0 Å². The molecule has 0 saturated carbocycles. The van der Waals surface area contributed by atoms with Crippen LogP contribution in [0.4, 0.5) is 4.39 Å². The van der Waals surface area contributed by atoms with E-state index in [0.29, 0.717) is 31.0 Å². The number of carbonyl (C=O) groups excluding carboxylic acids is 1. The third-order valence-corrected chi connectivity index (χ3v) is 3.73. The van der Waals surface area contributed by atoms with Crippen LogP contribution in [0.25, 0.3) is 0 Å². The summed E-state index contributed by atoms with van der Waals surface area (Å²) in [7, 11) is 0. The fraction of sp³-hybridized carbons (Fsp3) is 0.267. The molecular formula is C15H13ClFN3O2. The minimum absolute atomic E-state index is 0.114. The summed E-state index contributed by atoms with van der Waals surface area (Å²) in [4.78, 5) is 22.0. The van der Waals surface area contributed by atoms with Crippen LogP contribution in [-0.4, -0.2) is 40.0 Å². The van der Waals surface area contributed by atoms with E-state index in [4.69, 9.17) is 16.3 Å². The number of aromatic nitrogens is 2. The summed E-state index contributed by atoms with van der Waals surface area (Å²) in [6.07, 6.45) is 5.20. The number of amides is 1. The molecule has 1 amide bonds. The molecule has 0 bridgehead atoms. The molecule has 2 heterocycles. The first kappa shape index (κ1) is 14.7. The summed E-state index contributed by atoms with van der Waals surface area (Å²) < 4.78 is 18.7. The van der Waals surface area contributed by atoms with E-state index >= 15 is 0 Å². The molecule has 114 valence electrons. The molecule has 0 N–H and O–H groups in total. The van der Waals surface area contributed by atoms with Crippen LogP contribution in [0.1, 0.15) is 16.8 Å². The van der Waals surface area contributed by atoms with Crippen molar-refractivity contribution in [3.8, 4) is 5.88 Å². The molecule has 1 aliphatic rings. The molecule has 22 heavy (non-hydrogen) atoms. The van der Waals surface area contributed by atoms with Crippen LogP contribution >= 0.6 is 11.6 Å². The third kappa shape index (κ3) is 3.17. The number of halogens is 2. The zero-order valence-electron chi connectivity index (χ0n) is 11.6. The number of carbonyl (C=O) groups is 1. The average Bonchev–Trinajstić information content (AvgIpc) is 2.96. The van der Waals surface area contributed by atoms with Crippen molar-refractivity contribution in [2.45, 2.75) is 12.5 Å². The second kappa shape index (κ2) is 6.27. The van der Waals surface area contributed by atoms with Crippen molar-refractivity contribution in [1.29, 1.82) is 0 Å². The van der Waals surface area contributed by atoms with Crippen LogP contribution < -0.4 is 4.74 Å². The first-order valence-electron chi connectivity index (χ1n) is 6.80. The van der Waals surface area contributed by atoms with Crippen molar-refractivity contribution in [2.24, 2.45) is 0 Å². The van der Waals surface area contributed by atoms with E-state index < -0.39 is 5.82 Å². The molecule has 1 atom stereocenters. The molecule has 0 spiro atoms. The molecule has 3 rings (SSSR count). The van der Waals surface area contributed by atoms with Gasteiger partial charge in [-0.3, -0.25) is 9.78 Å². The van der Waals surface area contributed by atoms with E-state index in [1.54, 1.807) is 17.3 Å². The van der Waals surface area contributed by atoms with Gasteiger partial charge in [0.15, 0.2) is 0 Å². The number of benzene rings is 1. The second-order valence-corrected chi connectivity index (χ2v) is 5.35. The molecule has 1 fully saturated rings. The van der Waals surface area contributed by atoms with Gasteiger partial charge >= 0.3 is 0 Å². The largest absolute Gasteiger partial charge is 0.471 e. The van der Waals surface area contributed by atoms with Gasteiger partial charge in [-0.1, -0.05) is 11.6 Å². The molecule has 1 unspecified atom stereocenters. The number of likely N-dealkylation sites (tertiary alicyclic amines) is 1. The fourth-order valence-corrected chi connectivity index (χ4v) is 2.61. The van der Waals surface area contributed by atoms with E-state index in [2.05, 4.69) is 9.97 Å². The van der Waals surface area contributed by atoms with Crippen molar-refractivity contribution in [3.63, 3.8) is 0 Å². The van der Waals surface area contributed by atoms with Gasteiger partial charge in [-0.05, 0) is 18.2 Å². The molecule has 7 heteroatoms. The lowest BCUT2D eigenvalue weighted by molar-refractivity contribution is 0.0771. The lowest BCUT2D eigenvalue weighted by Gasteiger charge is -2.17. The lowest BCUT2D eigenvalue weighted by Crippen LogP contribution is -2.31. The third-order valence-electron chi connectivity index (χ3n) is 3.42. The summed E-state index contributed by atoms with van der Waals surface area (Å²) >= 11 is 5.93. The summed E-state index contributed by atoms with van der Waals surface area (Å²) in [5, 5.41) is 0.114. The number of ether oxygens (including phenoxy) is 1. The highest BCUT2D eigenvalue weighted by molar-refractivity contribution is 6.33. The summed E-state index contributed by atoms with van der Waals surface area (Å²) in [6.45, 7) is 0.987. The van der Waals surface area contributed by atoms with Crippen molar-refractivity contribution in [2.75, 3.05) is 13.1 Å². The number of nitrogens with zero attached hydrogens (tertiary/aromatic N) is 3. The number of hydrogen-bond donors (Lipinski definition) is 0. The Balaban J connectivity index is 1.66. The minimum Gasteiger partial charge on any atom is -0.471 e. The van der Waals surface area contributed by atoms with Gasteiger partial charge in [0.1, 0.15) is 11.9 Å². The van der Waals surface area contributed by atoms with Gasteiger partial charge in [0.25, 0.3) is 5.91 Å². The van der Waals surface area contributed by atoms with Crippen LogP contribution in [0.5, 0.6) is 5.88 Å². The zero-order chi connectivity index (χ0) is 15.5. The summed E-state index contributed by atoms with van der Waals surface area (Å²) in [5.41, 5.74) is 0.295.